The summed E-state index contributed by atoms with van der Waals surface area (Å²) in [7, 11) is 5.65. The maximum Gasteiger partial charge on any atom is 0.190 e. The number of rotatable bonds is 13. The molecule has 2 N–H and O–H groups in total. The van der Waals surface area contributed by atoms with Crippen molar-refractivity contribution in [2.75, 3.05) is 80.4 Å². The summed E-state index contributed by atoms with van der Waals surface area (Å²) >= 11 is 0. The Morgan fingerprint density at radius 2 is 2.00 bits per heavy atom. The number of hydrogen-bond acceptors (Lipinski definition) is 5. The van der Waals surface area contributed by atoms with Crippen LogP contribution in [0.15, 0.2) is 4.99 Å². The lowest BCUT2D eigenvalue weighted by Crippen LogP contribution is -2.39. The standard InChI is InChI=1S/C17H36N4O3/c1-18-17(19-7-4-9-21(2)10-13-22-3)20-8-5-11-23-14-16-6-12-24-15-16/h16H,4-15H2,1-3H3,(H2,18,19,20). The fourth-order valence-electron chi connectivity index (χ4n) is 2.48. The lowest BCUT2D eigenvalue weighted by molar-refractivity contribution is 0.0888. The predicted octanol–water partition coefficient (Wildman–Crippen LogP) is 0.563. The van der Waals surface area contributed by atoms with Crippen molar-refractivity contribution in [3.05, 3.63) is 0 Å². The fraction of sp³-hybridized carbons (Fsp3) is 0.941. The van der Waals surface area contributed by atoms with Gasteiger partial charge in [-0.3, -0.25) is 4.99 Å². The van der Waals surface area contributed by atoms with Gasteiger partial charge in [0.05, 0.1) is 19.8 Å². The molecule has 0 aliphatic carbocycles. The molecule has 0 amide bonds. The van der Waals surface area contributed by atoms with Gasteiger partial charge in [-0.25, -0.2) is 0 Å². The Balaban J connectivity index is 1.92. The predicted molar refractivity (Wildman–Crippen MR) is 97.7 cm³/mol. The Bertz CT molecular complexity index is 323. The second kappa shape index (κ2) is 14.5. The maximum absolute atomic E-state index is 5.69. The molecule has 142 valence electrons. The number of guanidine groups is 1. The van der Waals surface area contributed by atoms with Crippen LogP contribution in [-0.4, -0.2) is 91.3 Å². The van der Waals surface area contributed by atoms with Crippen LogP contribution in [0.5, 0.6) is 0 Å². The third kappa shape index (κ3) is 10.8. The molecule has 0 radical (unpaired) electrons. The second-order valence-corrected chi connectivity index (χ2v) is 6.23. The smallest absolute Gasteiger partial charge is 0.190 e. The first-order valence-electron chi connectivity index (χ1n) is 9.03. The summed E-state index contributed by atoms with van der Waals surface area (Å²) in [5, 5.41) is 6.66. The highest BCUT2D eigenvalue weighted by atomic mass is 16.5. The molecule has 24 heavy (non-hydrogen) atoms. The van der Waals surface area contributed by atoms with E-state index in [0.29, 0.717) is 5.92 Å². The monoisotopic (exact) mass is 344 g/mol. The Morgan fingerprint density at radius 3 is 2.67 bits per heavy atom. The first kappa shape index (κ1) is 21.2. The van der Waals surface area contributed by atoms with Crippen molar-refractivity contribution in [2.45, 2.75) is 19.3 Å². The largest absolute Gasteiger partial charge is 0.383 e. The molecule has 0 aromatic heterocycles. The summed E-state index contributed by atoms with van der Waals surface area (Å²) in [6.45, 7) is 7.93. The van der Waals surface area contributed by atoms with E-state index in [9.17, 15) is 0 Å². The van der Waals surface area contributed by atoms with Gasteiger partial charge >= 0.3 is 0 Å². The zero-order chi connectivity index (χ0) is 17.5. The molecule has 0 spiro atoms. The number of likely N-dealkylation sites (N-methyl/N-ethyl adjacent to an activating group) is 1. The molecular formula is C17H36N4O3. The van der Waals surface area contributed by atoms with Crippen LogP contribution < -0.4 is 10.6 Å². The first-order chi connectivity index (χ1) is 11.8. The summed E-state index contributed by atoms with van der Waals surface area (Å²) in [5.41, 5.74) is 0. The van der Waals surface area contributed by atoms with E-state index in [4.69, 9.17) is 14.2 Å². The molecule has 1 atom stereocenters. The van der Waals surface area contributed by atoms with Crippen LogP contribution in [0.4, 0.5) is 0 Å². The van der Waals surface area contributed by atoms with E-state index < -0.39 is 0 Å². The Labute approximate surface area is 147 Å². The molecule has 1 rings (SSSR count). The summed E-state index contributed by atoms with van der Waals surface area (Å²) in [5.74, 6) is 1.45. The van der Waals surface area contributed by atoms with Gasteiger partial charge in [0.1, 0.15) is 0 Å². The first-order valence-corrected chi connectivity index (χ1v) is 9.03. The molecule has 7 nitrogen and oxygen atoms in total. The minimum atomic E-state index is 0.592. The van der Waals surface area contributed by atoms with Gasteiger partial charge in [-0.15, -0.1) is 0 Å². The lowest BCUT2D eigenvalue weighted by atomic mass is 10.1. The quantitative estimate of drug-likeness (QED) is 0.289. The molecule has 1 heterocycles. The van der Waals surface area contributed by atoms with E-state index in [0.717, 1.165) is 84.4 Å². The molecule has 1 aliphatic rings. The van der Waals surface area contributed by atoms with Crippen molar-refractivity contribution >= 4 is 5.96 Å². The molecule has 0 bridgehead atoms. The van der Waals surface area contributed by atoms with Crippen LogP contribution in [0.2, 0.25) is 0 Å². The molecular weight excluding hydrogens is 308 g/mol. The Hall–Kier alpha value is -0.890. The van der Waals surface area contributed by atoms with Crippen LogP contribution in [0, 0.1) is 5.92 Å². The normalized spacial score (nSPS) is 18.3. The van der Waals surface area contributed by atoms with E-state index in [1.165, 1.54) is 0 Å². The topological polar surface area (TPSA) is 67.4 Å². The molecule has 0 aromatic rings. The van der Waals surface area contributed by atoms with Crippen molar-refractivity contribution in [2.24, 2.45) is 10.9 Å². The van der Waals surface area contributed by atoms with E-state index in [2.05, 4.69) is 27.6 Å². The van der Waals surface area contributed by atoms with Crippen LogP contribution in [0.1, 0.15) is 19.3 Å². The highest BCUT2D eigenvalue weighted by Crippen LogP contribution is 2.12. The van der Waals surface area contributed by atoms with Gasteiger partial charge in [0.25, 0.3) is 0 Å². The molecule has 1 fully saturated rings. The summed E-state index contributed by atoms with van der Waals surface area (Å²) in [6, 6.07) is 0. The van der Waals surface area contributed by atoms with Crippen molar-refractivity contribution < 1.29 is 14.2 Å². The average Bonchev–Trinajstić information content (AvgIpc) is 3.11. The number of nitrogens with one attached hydrogen (secondary N) is 2. The zero-order valence-corrected chi connectivity index (χ0v) is 15.7. The van der Waals surface area contributed by atoms with Crippen molar-refractivity contribution in [1.29, 1.82) is 0 Å². The summed E-state index contributed by atoms with van der Waals surface area (Å²) in [6.07, 6.45) is 3.19. The molecule has 1 aliphatic heterocycles. The minimum absolute atomic E-state index is 0.592. The highest BCUT2D eigenvalue weighted by molar-refractivity contribution is 5.79. The van der Waals surface area contributed by atoms with E-state index in [1.807, 2.05) is 0 Å². The van der Waals surface area contributed by atoms with Gasteiger partial charge in [0, 0.05) is 52.9 Å². The molecule has 0 aromatic carbocycles. The fourth-order valence-corrected chi connectivity index (χ4v) is 2.48. The Morgan fingerprint density at radius 1 is 1.21 bits per heavy atom. The zero-order valence-electron chi connectivity index (χ0n) is 15.7. The third-order valence-electron chi connectivity index (χ3n) is 4.05. The summed E-state index contributed by atoms with van der Waals surface area (Å²) < 4.78 is 16.1. The second-order valence-electron chi connectivity index (χ2n) is 6.23. The molecule has 7 heteroatoms. The van der Waals surface area contributed by atoms with Crippen molar-refractivity contribution in [1.82, 2.24) is 15.5 Å². The minimum Gasteiger partial charge on any atom is -0.383 e. The van der Waals surface area contributed by atoms with E-state index >= 15 is 0 Å². The third-order valence-corrected chi connectivity index (χ3v) is 4.05. The van der Waals surface area contributed by atoms with Crippen LogP contribution >= 0.6 is 0 Å². The van der Waals surface area contributed by atoms with Gasteiger partial charge in [-0.1, -0.05) is 0 Å². The van der Waals surface area contributed by atoms with Gasteiger partial charge in [-0.05, 0) is 32.9 Å². The van der Waals surface area contributed by atoms with Crippen LogP contribution in [0.25, 0.3) is 0 Å². The van der Waals surface area contributed by atoms with Gasteiger partial charge in [0.2, 0.25) is 0 Å². The van der Waals surface area contributed by atoms with Gasteiger partial charge in [-0.2, -0.15) is 0 Å². The van der Waals surface area contributed by atoms with Crippen LogP contribution in [0.3, 0.4) is 0 Å². The number of methoxy groups -OCH3 is 1. The molecule has 1 saturated heterocycles. The number of nitrogens with zero attached hydrogens (tertiary/aromatic N) is 2. The number of aliphatic imine (C=N–C) groups is 1. The maximum atomic E-state index is 5.69. The van der Waals surface area contributed by atoms with Gasteiger partial charge < -0.3 is 29.7 Å². The molecule has 1 unspecified atom stereocenters. The SMILES string of the molecule is CN=C(NCCCOCC1CCOC1)NCCCN(C)CCOC. The van der Waals surface area contributed by atoms with Crippen molar-refractivity contribution in [3.63, 3.8) is 0 Å². The number of hydrogen-bond donors (Lipinski definition) is 2. The highest BCUT2D eigenvalue weighted by Gasteiger charge is 2.15. The summed E-state index contributed by atoms with van der Waals surface area (Å²) in [4.78, 5) is 6.51. The van der Waals surface area contributed by atoms with E-state index in [1.54, 1.807) is 14.2 Å². The molecule has 0 saturated carbocycles. The average molecular weight is 345 g/mol. The van der Waals surface area contributed by atoms with Gasteiger partial charge in [0.15, 0.2) is 5.96 Å². The number of ether oxygens (including phenoxy) is 3. The lowest BCUT2D eigenvalue weighted by Gasteiger charge is -2.17. The Kier molecular flexibility index (Phi) is 12.7. The van der Waals surface area contributed by atoms with Crippen LogP contribution in [-0.2, 0) is 14.2 Å². The van der Waals surface area contributed by atoms with Crippen molar-refractivity contribution in [3.8, 4) is 0 Å². The van der Waals surface area contributed by atoms with E-state index in [-0.39, 0.29) is 0 Å².